The van der Waals surface area contributed by atoms with Gasteiger partial charge in [0.25, 0.3) is 5.91 Å². The lowest BCUT2D eigenvalue weighted by molar-refractivity contribution is -0.162. The molecule has 0 aromatic rings. The summed E-state index contributed by atoms with van der Waals surface area (Å²) in [5.41, 5.74) is 0. The van der Waals surface area contributed by atoms with E-state index in [-0.39, 0.29) is 25.0 Å². The first-order valence-corrected chi connectivity index (χ1v) is 7.54. The number of hydrogen-bond donors (Lipinski definition) is 0. The van der Waals surface area contributed by atoms with Crippen LogP contribution in [-0.2, 0) is 9.59 Å². The normalized spacial score (nSPS) is 19.0. The van der Waals surface area contributed by atoms with Gasteiger partial charge in [-0.25, -0.2) is 4.79 Å². The Labute approximate surface area is 132 Å². The van der Waals surface area contributed by atoms with Gasteiger partial charge in [-0.15, -0.1) is 0 Å². The molecule has 0 bridgehead atoms. The van der Waals surface area contributed by atoms with Crippen molar-refractivity contribution < 1.29 is 27.6 Å². The molecule has 23 heavy (non-hydrogen) atoms. The second kappa shape index (κ2) is 6.37. The zero-order valence-corrected chi connectivity index (χ0v) is 13.1. The maximum Gasteiger partial charge on any atom is 0.406 e. The average Bonchev–Trinajstić information content (AvgIpc) is 3.18. The van der Waals surface area contributed by atoms with E-state index in [0.29, 0.717) is 4.90 Å². The number of imide groups is 1. The third-order valence-electron chi connectivity index (χ3n) is 3.67. The number of carbonyl (C=O) groups excluding carboxylic acids is 3. The lowest BCUT2D eigenvalue weighted by atomic mass is 10.2. The Bertz CT molecular complexity index is 503. The van der Waals surface area contributed by atoms with Crippen LogP contribution in [0.3, 0.4) is 0 Å². The molecule has 0 spiro atoms. The molecule has 9 heteroatoms. The van der Waals surface area contributed by atoms with Gasteiger partial charge in [-0.2, -0.15) is 13.2 Å². The van der Waals surface area contributed by atoms with Gasteiger partial charge in [-0.3, -0.25) is 14.5 Å². The molecule has 0 aromatic carbocycles. The standard InChI is InChI=1S/C14H20F3N3O3/c1-9(2)5-18(8-14(15,16)17)11(21)6-20-12(22)7-19(13(20)23)10-3-4-10/h9-10H,3-8H2,1-2H3. The van der Waals surface area contributed by atoms with Crippen molar-refractivity contribution in [1.29, 1.82) is 0 Å². The second-order valence-corrected chi connectivity index (χ2v) is 6.40. The molecule has 0 N–H and O–H groups in total. The van der Waals surface area contributed by atoms with Crippen molar-refractivity contribution in [1.82, 2.24) is 14.7 Å². The minimum atomic E-state index is -4.52. The van der Waals surface area contributed by atoms with Gasteiger partial charge in [0.15, 0.2) is 0 Å². The molecule has 1 heterocycles. The minimum Gasteiger partial charge on any atom is -0.332 e. The van der Waals surface area contributed by atoms with Crippen LogP contribution in [0.4, 0.5) is 18.0 Å². The summed E-state index contributed by atoms with van der Waals surface area (Å²) in [5, 5.41) is 0. The molecule has 1 aliphatic heterocycles. The molecule has 6 nitrogen and oxygen atoms in total. The van der Waals surface area contributed by atoms with Crippen LogP contribution in [0, 0.1) is 5.92 Å². The number of alkyl halides is 3. The highest BCUT2D eigenvalue weighted by atomic mass is 19.4. The number of carbonyl (C=O) groups is 3. The molecule has 1 saturated carbocycles. The number of nitrogens with zero attached hydrogens (tertiary/aromatic N) is 3. The van der Waals surface area contributed by atoms with E-state index in [2.05, 4.69) is 0 Å². The van der Waals surface area contributed by atoms with E-state index >= 15 is 0 Å². The number of halogens is 3. The van der Waals surface area contributed by atoms with Crippen LogP contribution in [0.25, 0.3) is 0 Å². The highest BCUT2D eigenvalue weighted by Crippen LogP contribution is 2.30. The fourth-order valence-corrected chi connectivity index (χ4v) is 2.53. The Morgan fingerprint density at radius 2 is 1.91 bits per heavy atom. The molecule has 1 aliphatic carbocycles. The maximum absolute atomic E-state index is 12.6. The van der Waals surface area contributed by atoms with E-state index in [1.54, 1.807) is 13.8 Å². The first-order chi connectivity index (χ1) is 10.6. The predicted octanol–water partition coefficient (Wildman–Crippen LogP) is 1.46. The second-order valence-electron chi connectivity index (χ2n) is 6.40. The van der Waals surface area contributed by atoms with Crippen molar-refractivity contribution in [3.63, 3.8) is 0 Å². The zero-order valence-electron chi connectivity index (χ0n) is 13.1. The smallest absolute Gasteiger partial charge is 0.332 e. The van der Waals surface area contributed by atoms with E-state index in [1.807, 2.05) is 0 Å². The largest absolute Gasteiger partial charge is 0.406 e. The summed E-state index contributed by atoms with van der Waals surface area (Å²) in [6.07, 6.45) is -2.90. The van der Waals surface area contributed by atoms with E-state index in [1.165, 1.54) is 4.90 Å². The minimum absolute atomic E-state index is 0.0218. The van der Waals surface area contributed by atoms with Crippen LogP contribution < -0.4 is 0 Å². The summed E-state index contributed by atoms with van der Waals surface area (Å²) < 4.78 is 37.8. The van der Waals surface area contributed by atoms with Crippen LogP contribution in [0.15, 0.2) is 0 Å². The summed E-state index contributed by atoms with van der Waals surface area (Å²) >= 11 is 0. The third kappa shape index (κ3) is 4.59. The Morgan fingerprint density at radius 1 is 1.30 bits per heavy atom. The highest BCUT2D eigenvalue weighted by molar-refractivity contribution is 6.04. The number of hydrogen-bond acceptors (Lipinski definition) is 3. The third-order valence-corrected chi connectivity index (χ3v) is 3.67. The molecular weight excluding hydrogens is 315 g/mol. The van der Waals surface area contributed by atoms with Gasteiger partial charge in [0.2, 0.25) is 5.91 Å². The molecule has 2 fully saturated rings. The lowest BCUT2D eigenvalue weighted by Crippen LogP contribution is -2.47. The SMILES string of the molecule is CC(C)CN(CC(F)(F)F)C(=O)CN1C(=O)CN(C2CC2)C1=O. The van der Waals surface area contributed by atoms with Gasteiger partial charge in [-0.05, 0) is 18.8 Å². The summed E-state index contributed by atoms with van der Waals surface area (Å²) in [7, 11) is 0. The van der Waals surface area contributed by atoms with E-state index in [4.69, 9.17) is 0 Å². The molecule has 0 atom stereocenters. The van der Waals surface area contributed by atoms with Gasteiger partial charge in [0.1, 0.15) is 19.6 Å². The van der Waals surface area contributed by atoms with Crippen LogP contribution >= 0.6 is 0 Å². The molecule has 0 aromatic heterocycles. The van der Waals surface area contributed by atoms with Crippen molar-refractivity contribution in [2.24, 2.45) is 5.92 Å². The predicted molar refractivity (Wildman–Crippen MR) is 74.3 cm³/mol. The molecule has 0 radical (unpaired) electrons. The topological polar surface area (TPSA) is 60.9 Å². The van der Waals surface area contributed by atoms with Crippen LogP contribution in [-0.4, -0.2) is 70.9 Å². The number of amides is 4. The molecular formula is C14H20F3N3O3. The van der Waals surface area contributed by atoms with Crippen LogP contribution in [0.1, 0.15) is 26.7 Å². The van der Waals surface area contributed by atoms with Crippen molar-refractivity contribution in [3.8, 4) is 0 Å². The fourth-order valence-electron chi connectivity index (χ4n) is 2.53. The zero-order chi connectivity index (χ0) is 17.4. The van der Waals surface area contributed by atoms with Gasteiger partial charge in [-0.1, -0.05) is 13.8 Å². The van der Waals surface area contributed by atoms with Crippen molar-refractivity contribution in [2.75, 3.05) is 26.2 Å². The monoisotopic (exact) mass is 335 g/mol. The highest BCUT2D eigenvalue weighted by Gasteiger charge is 2.45. The molecule has 1 saturated heterocycles. The summed E-state index contributed by atoms with van der Waals surface area (Å²) in [6.45, 7) is 1.19. The maximum atomic E-state index is 12.6. The first kappa shape index (κ1) is 17.6. The van der Waals surface area contributed by atoms with Gasteiger partial charge >= 0.3 is 12.2 Å². The van der Waals surface area contributed by atoms with Gasteiger partial charge in [0.05, 0.1) is 0 Å². The Balaban J connectivity index is 2.02. The van der Waals surface area contributed by atoms with Crippen molar-refractivity contribution in [2.45, 2.75) is 38.9 Å². The first-order valence-electron chi connectivity index (χ1n) is 7.54. The molecule has 4 amide bonds. The summed E-state index contributed by atoms with van der Waals surface area (Å²) in [4.78, 5) is 38.9. The summed E-state index contributed by atoms with van der Waals surface area (Å²) in [5.74, 6) is -1.56. The van der Waals surface area contributed by atoms with Crippen molar-refractivity contribution in [3.05, 3.63) is 0 Å². The number of urea groups is 1. The van der Waals surface area contributed by atoms with Crippen LogP contribution in [0.2, 0.25) is 0 Å². The van der Waals surface area contributed by atoms with Gasteiger partial charge in [0, 0.05) is 12.6 Å². The average molecular weight is 335 g/mol. The summed E-state index contributed by atoms with van der Waals surface area (Å²) in [6, 6.07) is -0.559. The Hall–Kier alpha value is -1.80. The molecule has 2 aliphatic rings. The van der Waals surface area contributed by atoms with Crippen molar-refractivity contribution >= 4 is 17.8 Å². The quantitative estimate of drug-likeness (QED) is 0.691. The van der Waals surface area contributed by atoms with E-state index in [0.717, 1.165) is 17.7 Å². The molecule has 2 rings (SSSR count). The number of rotatable bonds is 6. The van der Waals surface area contributed by atoms with E-state index in [9.17, 15) is 27.6 Å². The lowest BCUT2D eigenvalue weighted by Gasteiger charge is -2.27. The Kier molecular flexibility index (Phi) is 4.86. The van der Waals surface area contributed by atoms with Gasteiger partial charge < -0.3 is 9.80 Å². The fraction of sp³-hybridized carbons (Fsp3) is 0.786. The Morgan fingerprint density at radius 3 is 2.39 bits per heavy atom. The molecule has 130 valence electrons. The van der Waals surface area contributed by atoms with E-state index < -0.39 is 37.1 Å². The van der Waals surface area contributed by atoms with Crippen LogP contribution in [0.5, 0.6) is 0 Å². The molecule has 0 unspecified atom stereocenters.